The Hall–Kier alpha value is -0.220. The molecule has 0 saturated heterocycles. The van der Waals surface area contributed by atoms with E-state index < -0.39 is 12.2 Å². The summed E-state index contributed by atoms with van der Waals surface area (Å²) in [7, 11) is 0. The average Bonchev–Trinajstić information content (AvgIpc) is 2.16. The smallest absolute Gasteiger partial charge is 0.0990 e. The predicted molar refractivity (Wildman–Crippen MR) is 62.1 cm³/mol. The number of ether oxygens (including phenoxy) is 1. The average molecular weight is 255 g/mol. The molecule has 0 aromatic heterocycles. The molecular formula is C10H16Cl2O3. The van der Waals surface area contributed by atoms with Crippen LogP contribution in [-0.4, -0.2) is 34.2 Å². The van der Waals surface area contributed by atoms with E-state index in [1.165, 1.54) is 0 Å². The van der Waals surface area contributed by atoms with Crippen molar-refractivity contribution in [2.75, 3.05) is 11.8 Å². The fourth-order valence-electron chi connectivity index (χ4n) is 0.922. The fourth-order valence-corrected chi connectivity index (χ4v) is 1.14. The van der Waals surface area contributed by atoms with Crippen LogP contribution < -0.4 is 0 Å². The Balaban J connectivity index is 3.81. The maximum absolute atomic E-state index is 9.20. The first-order valence-corrected chi connectivity index (χ1v) is 5.58. The summed E-state index contributed by atoms with van der Waals surface area (Å²) in [5.41, 5.74) is 0. The second kappa shape index (κ2) is 7.99. The summed E-state index contributed by atoms with van der Waals surface area (Å²) in [5.74, 6) is 0.989. The van der Waals surface area contributed by atoms with Crippen molar-refractivity contribution in [1.29, 1.82) is 0 Å². The molecule has 0 aliphatic rings. The summed E-state index contributed by atoms with van der Waals surface area (Å²) < 4.78 is 5.17. The summed E-state index contributed by atoms with van der Waals surface area (Å²) >= 11 is 10.8. The van der Waals surface area contributed by atoms with Crippen LogP contribution in [0.5, 0.6) is 0 Å². The highest BCUT2D eigenvalue weighted by molar-refractivity contribution is 6.18. The molecule has 0 bridgehead atoms. The first-order chi connectivity index (χ1) is 6.99. The van der Waals surface area contributed by atoms with Gasteiger partial charge in [-0.15, -0.1) is 23.2 Å². The van der Waals surface area contributed by atoms with Crippen LogP contribution in [0.2, 0.25) is 0 Å². The van der Waals surface area contributed by atoms with Gasteiger partial charge in [-0.2, -0.15) is 0 Å². The standard InChI is InChI=1S/C10H16Cl2O3/c1-7(3-9(13)5-11)15-8(2)4-10(14)6-12/h9-10,13-14H,1-6H2. The third kappa shape index (κ3) is 7.68. The number of alkyl halides is 2. The lowest BCUT2D eigenvalue weighted by molar-refractivity contribution is 0.148. The Morgan fingerprint density at radius 3 is 1.60 bits per heavy atom. The lowest BCUT2D eigenvalue weighted by Gasteiger charge is -2.14. The number of halogens is 2. The van der Waals surface area contributed by atoms with Crippen LogP contribution in [0.3, 0.4) is 0 Å². The fraction of sp³-hybridized carbons (Fsp3) is 0.600. The van der Waals surface area contributed by atoms with Gasteiger partial charge in [0.2, 0.25) is 0 Å². The van der Waals surface area contributed by atoms with Crippen LogP contribution in [0.25, 0.3) is 0 Å². The number of rotatable bonds is 8. The minimum absolute atomic E-state index is 0.124. The van der Waals surface area contributed by atoms with Gasteiger partial charge in [-0.3, -0.25) is 0 Å². The van der Waals surface area contributed by atoms with Crippen molar-refractivity contribution in [2.45, 2.75) is 25.0 Å². The summed E-state index contributed by atoms with van der Waals surface area (Å²) in [4.78, 5) is 0. The molecule has 2 atom stereocenters. The Morgan fingerprint density at radius 1 is 1.00 bits per heavy atom. The van der Waals surface area contributed by atoms with E-state index in [0.29, 0.717) is 11.5 Å². The van der Waals surface area contributed by atoms with E-state index in [0.717, 1.165) is 0 Å². The normalized spacial score (nSPS) is 14.4. The molecular weight excluding hydrogens is 239 g/mol. The molecule has 3 nitrogen and oxygen atoms in total. The SMILES string of the molecule is C=C(CC(O)CCl)OC(=C)CC(O)CCl. The molecule has 5 heteroatoms. The Morgan fingerprint density at radius 2 is 1.33 bits per heavy atom. The quantitative estimate of drug-likeness (QED) is 0.515. The van der Waals surface area contributed by atoms with Crippen LogP contribution in [0.1, 0.15) is 12.8 Å². The van der Waals surface area contributed by atoms with E-state index in [4.69, 9.17) is 27.9 Å². The number of hydrogen-bond donors (Lipinski definition) is 2. The Labute approximate surface area is 100.0 Å². The van der Waals surface area contributed by atoms with Crippen LogP contribution in [0, 0.1) is 0 Å². The van der Waals surface area contributed by atoms with Crippen molar-refractivity contribution in [3.63, 3.8) is 0 Å². The van der Waals surface area contributed by atoms with E-state index in [9.17, 15) is 10.2 Å². The van der Waals surface area contributed by atoms with Gasteiger partial charge in [0, 0.05) is 24.6 Å². The van der Waals surface area contributed by atoms with Crippen molar-refractivity contribution in [3.8, 4) is 0 Å². The third-order valence-electron chi connectivity index (χ3n) is 1.57. The molecule has 0 spiro atoms. The highest BCUT2D eigenvalue weighted by Gasteiger charge is 2.10. The summed E-state index contributed by atoms with van der Waals surface area (Å²) in [6.07, 6.45) is -0.853. The molecule has 0 aliphatic carbocycles. The zero-order valence-corrected chi connectivity index (χ0v) is 9.97. The van der Waals surface area contributed by atoms with Crippen molar-refractivity contribution in [1.82, 2.24) is 0 Å². The van der Waals surface area contributed by atoms with E-state index >= 15 is 0 Å². The van der Waals surface area contributed by atoms with Crippen LogP contribution in [-0.2, 0) is 4.74 Å². The van der Waals surface area contributed by atoms with Crippen LogP contribution in [0.15, 0.2) is 24.7 Å². The van der Waals surface area contributed by atoms with E-state index in [1.807, 2.05) is 0 Å². The van der Waals surface area contributed by atoms with Gasteiger partial charge in [-0.1, -0.05) is 13.2 Å². The topological polar surface area (TPSA) is 49.7 Å². The van der Waals surface area contributed by atoms with E-state index in [1.54, 1.807) is 0 Å². The molecule has 2 N–H and O–H groups in total. The Kier molecular flexibility index (Phi) is 7.88. The largest absolute Gasteiger partial charge is 0.467 e. The molecule has 0 aromatic rings. The molecule has 0 aliphatic heterocycles. The summed E-state index contributed by atoms with van der Waals surface area (Å²) in [6, 6.07) is 0. The highest BCUT2D eigenvalue weighted by atomic mass is 35.5. The van der Waals surface area contributed by atoms with Gasteiger partial charge in [-0.05, 0) is 0 Å². The highest BCUT2D eigenvalue weighted by Crippen LogP contribution is 2.14. The van der Waals surface area contributed by atoms with E-state index in [-0.39, 0.29) is 24.6 Å². The zero-order chi connectivity index (χ0) is 11.8. The molecule has 0 amide bonds. The zero-order valence-electron chi connectivity index (χ0n) is 8.46. The second-order valence-corrected chi connectivity index (χ2v) is 3.82. The van der Waals surface area contributed by atoms with Crippen molar-refractivity contribution in [2.24, 2.45) is 0 Å². The van der Waals surface area contributed by atoms with Crippen molar-refractivity contribution >= 4 is 23.2 Å². The Bertz CT molecular complexity index is 197. The molecule has 15 heavy (non-hydrogen) atoms. The maximum atomic E-state index is 9.20. The molecule has 0 radical (unpaired) electrons. The number of hydrogen-bond acceptors (Lipinski definition) is 3. The molecule has 0 aromatic carbocycles. The minimum atomic E-state index is -0.676. The van der Waals surface area contributed by atoms with Gasteiger partial charge in [0.15, 0.2) is 0 Å². The van der Waals surface area contributed by atoms with Gasteiger partial charge >= 0.3 is 0 Å². The first-order valence-electron chi connectivity index (χ1n) is 4.51. The summed E-state index contributed by atoms with van der Waals surface area (Å²) in [6.45, 7) is 7.20. The van der Waals surface area contributed by atoms with Gasteiger partial charge in [0.25, 0.3) is 0 Å². The first kappa shape index (κ1) is 14.8. The molecule has 2 unspecified atom stereocenters. The molecule has 0 rings (SSSR count). The van der Waals surface area contributed by atoms with Crippen LogP contribution in [0.4, 0.5) is 0 Å². The number of aliphatic hydroxyl groups excluding tert-OH is 2. The van der Waals surface area contributed by atoms with Gasteiger partial charge in [0.05, 0.1) is 23.7 Å². The monoisotopic (exact) mass is 254 g/mol. The van der Waals surface area contributed by atoms with Gasteiger partial charge in [-0.25, -0.2) is 0 Å². The predicted octanol–water partition coefficient (Wildman–Crippen LogP) is 2.01. The summed E-state index contributed by atoms with van der Waals surface area (Å²) in [5, 5.41) is 18.4. The van der Waals surface area contributed by atoms with Crippen LogP contribution >= 0.6 is 23.2 Å². The lowest BCUT2D eigenvalue weighted by Crippen LogP contribution is -2.13. The van der Waals surface area contributed by atoms with Crippen molar-refractivity contribution < 1.29 is 14.9 Å². The molecule has 88 valence electrons. The third-order valence-corrected chi connectivity index (χ3v) is 2.28. The van der Waals surface area contributed by atoms with E-state index in [2.05, 4.69) is 13.2 Å². The minimum Gasteiger partial charge on any atom is -0.467 e. The molecule has 0 fully saturated rings. The molecule has 0 saturated carbocycles. The van der Waals surface area contributed by atoms with Crippen molar-refractivity contribution in [3.05, 3.63) is 24.7 Å². The number of aliphatic hydroxyl groups is 2. The second-order valence-electron chi connectivity index (χ2n) is 3.20. The van der Waals surface area contributed by atoms with Gasteiger partial charge < -0.3 is 14.9 Å². The van der Waals surface area contributed by atoms with Gasteiger partial charge in [0.1, 0.15) is 0 Å². The lowest BCUT2D eigenvalue weighted by atomic mass is 10.2. The molecule has 0 heterocycles. The maximum Gasteiger partial charge on any atom is 0.0990 e.